The van der Waals surface area contributed by atoms with Gasteiger partial charge in [0.05, 0.1) is 27.0 Å². The van der Waals surface area contributed by atoms with E-state index < -0.39 is 0 Å². The van der Waals surface area contributed by atoms with E-state index in [1.54, 1.807) is 17.0 Å². The zero-order valence-electron chi connectivity index (χ0n) is 20.1. The number of piperidine rings is 1. The van der Waals surface area contributed by atoms with Gasteiger partial charge in [0, 0.05) is 30.0 Å². The number of benzene rings is 1. The fourth-order valence-electron chi connectivity index (χ4n) is 4.47. The lowest BCUT2D eigenvalue weighted by atomic mass is 9.95. The number of carbonyl (C=O) groups excluding carboxylic acids is 2. The largest absolute Gasteiger partial charge is 0.493 e. The van der Waals surface area contributed by atoms with Crippen LogP contribution < -0.4 is 31.4 Å². The fraction of sp³-hybridized carbons (Fsp3) is 0.333. The summed E-state index contributed by atoms with van der Waals surface area (Å²) in [7, 11) is 4.46. The van der Waals surface area contributed by atoms with Crippen molar-refractivity contribution in [3.8, 4) is 34.4 Å². The van der Waals surface area contributed by atoms with Crippen molar-refractivity contribution in [3.63, 3.8) is 0 Å². The molecule has 6 N–H and O–H groups in total. The van der Waals surface area contributed by atoms with Gasteiger partial charge >= 0.3 is 0 Å². The van der Waals surface area contributed by atoms with E-state index >= 15 is 0 Å². The summed E-state index contributed by atoms with van der Waals surface area (Å²) in [6.07, 6.45) is 0.985. The molecule has 188 valence electrons. The Morgan fingerprint density at radius 3 is 2.22 bits per heavy atom. The summed E-state index contributed by atoms with van der Waals surface area (Å²) in [6.45, 7) is 0.776. The Labute approximate surface area is 211 Å². The number of nitrogens with zero attached hydrogens (tertiary/aromatic N) is 3. The van der Waals surface area contributed by atoms with Gasteiger partial charge in [-0.15, -0.1) is 11.3 Å². The van der Waals surface area contributed by atoms with Crippen LogP contribution in [-0.2, 0) is 4.79 Å². The fourth-order valence-corrected chi connectivity index (χ4v) is 5.55. The van der Waals surface area contributed by atoms with Gasteiger partial charge in [0.2, 0.25) is 11.7 Å². The number of nitrogen functional groups attached to an aromatic ring is 2. The average molecular weight is 511 g/mol. The quantitative estimate of drug-likeness (QED) is 0.448. The van der Waals surface area contributed by atoms with Crippen LogP contribution in [0.15, 0.2) is 12.1 Å². The second-order valence-corrected chi connectivity index (χ2v) is 9.27. The Bertz CT molecular complexity index is 1380. The number of carbonyl (C=O) groups is 2. The molecule has 1 aliphatic heterocycles. The van der Waals surface area contributed by atoms with E-state index in [1.807, 2.05) is 0 Å². The van der Waals surface area contributed by atoms with E-state index in [9.17, 15) is 14.9 Å². The zero-order valence-corrected chi connectivity index (χ0v) is 20.9. The summed E-state index contributed by atoms with van der Waals surface area (Å²) in [5, 5.41) is 10.4. The second kappa shape index (κ2) is 9.79. The SMILES string of the molecule is COc1cc(-c2c(C#N)c(N)nc3sc(C(=O)N4CCC(C(N)=O)CC4)c(N)c23)cc(OC)c1OC. The highest BCUT2D eigenvalue weighted by molar-refractivity contribution is 7.21. The summed E-state index contributed by atoms with van der Waals surface area (Å²) in [4.78, 5) is 31.6. The Morgan fingerprint density at radius 1 is 1.11 bits per heavy atom. The Kier molecular flexibility index (Phi) is 6.76. The van der Waals surface area contributed by atoms with Crippen molar-refractivity contribution in [1.29, 1.82) is 5.26 Å². The number of rotatable bonds is 6. The first-order valence-electron chi connectivity index (χ1n) is 11.1. The number of nitriles is 1. The van der Waals surface area contributed by atoms with E-state index in [2.05, 4.69) is 11.1 Å². The zero-order chi connectivity index (χ0) is 26.1. The van der Waals surface area contributed by atoms with Gasteiger partial charge in [-0.3, -0.25) is 9.59 Å². The molecule has 0 atom stereocenters. The molecule has 3 aromatic rings. The molecular weight excluding hydrogens is 484 g/mol. The first-order valence-corrected chi connectivity index (χ1v) is 11.9. The molecule has 3 heterocycles. The van der Waals surface area contributed by atoms with Crippen molar-refractivity contribution in [1.82, 2.24) is 9.88 Å². The summed E-state index contributed by atoms with van der Waals surface area (Å²) in [5.41, 5.74) is 19.4. The Balaban J connectivity index is 1.89. The molecule has 0 aliphatic carbocycles. The van der Waals surface area contributed by atoms with E-state index in [0.29, 0.717) is 69.4 Å². The molecule has 1 saturated heterocycles. The maximum Gasteiger partial charge on any atom is 0.266 e. The molecule has 0 radical (unpaired) electrons. The van der Waals surface area contributed by atoms with Crippen molar-refractivity contribution in [3.05, 3.63) is 22.6 Å². The van der Waals surface area contributed by atoms with Gasteiger partial charge in [-0.1, -0.05) is 0 Å². The molecule has 11 nitrogen and oxygen atoms in total. The number of nitrogens with two attached hydrogens (primary N) is 3. The molecule has 0 spiro atoms. The third kappa shape index (κ3) is 4.07. The van der Waals surface area contributed by atoms with Crippen LogP contribution in [0.5, 0.6) is 17.2 Å². The predicted octanol–water partition coefficient (Wildman–Crippen LogP) is 2.36. The average Bonchev–Trinajstić information content (AvgIpc) is 3.21. The van der Waals surface area contributed by atoms with E-state index in [4.69, 9.17) is 31.4 Å². The number of ether oxygens (including phenoxy) is 3. The van der Waals surface area contributed by atoms with Crippen LogP contribution in [0.4, 0.5) is 11.5 Å². The molecule has 12 heteroatoms. The summed E-state index contributed by atoms with van der Waals surface area (Å²) in [6, 6.07) is 5.48. The van der Waals surface area contributed by atoms with Crippen LogP contribution in [-0.4, -0.2) is 56.1 Å². The summed E-state index contributed by atoms with van der Waals surface area (Å²) >= 11 is 1.11. The number of fused-ring (bicyclic) bond motifs is 1. The Morgan fingerprint density at radius 2 is 1.72 bits per heavy atom. The minimum Gasteiger partial charge on any atom is -0.493 e. The van der Waals surface area contributed by atoms with E-state index in [0.717, 1.165) is 11.3 Å². The normalized spacial score (nSPS) is 13.9. The third-order valence-electron chi connectivity index (χ3n) is 6.35. The van der Waals surface area contributed by atoms with Gasteiger partial charge in [0.15, 0.2) is 11.5 Å². The van der Waals surface area contributed by atoms with Crippen molar-refractivity contribution < 1.29 is 23.8 Å². The molecule has 2 amide bonds. The van der Waals surface area contributed by atoms with Gasteiger partial charge in [-0.05, 0) is 30.5 Å². The van der Waals surface area contributed by atoms with Crippen LogP contribution in [0.25, 0.3) is 21.3 Å². The third-order valence-corrected chi connectivity index (χ3v) is 7.44. The minimum atomic E-state index is -0.359. The second-order valence-electron chi connectivity index (χ2n) is 8.27. The smallest absolute Gasteiger partial charge is 0.266 e. The number of pyridine rings is 1. The standard InChI is InChI=1S/C24H26N6O5S/c1-33-14-8-12(9-15(34-2)19(14)35-3)16-13(10-25)21(27)29-23-17(16)18(26)20(36-23)24(32)30-6-4-11(5-7-30)22(28)31/h8-9,11H,4-7,26H2,1-3H3,(H2,27,29)(H2,28,31). The van der Waals surface area contributed by atoms with Gasteiger partial charge in [0.1, 0.15) is 27.2 Å². The number of hydrogen-bond acceptors (Lipinski definition) is 10. The van der Waals surface area contributed by atoms with Gasteiger partial charge in [0.25, 0.3) is 5.91 Å². The molecule has 2 aromatic heterocycles. The number of primary amides is 1. The van der Waals surface area contributed by atoms with Crippen LogP contribution >= 0.6 is 11.3 Å². The predicted molar refractivity (Wildman–Crippen MR) is 136 cm³/mol. The number of amides is 2. The molecule has 1 aromatic carbocycles. The van der Waals surface area contributed by atoms with Crippen LogP contribution in [0.1, 0.15) is 28.1 Å². The number of methoxy groups -OCH3 is 3. The van der Waals surface area contributed by atoms with Gasteiger partial charge < -0.3 is 36.3 Å². The maximum absolute atomic E-state index is 13.4. The van der Waals surface area contributed by atoms with Gasteiger partial charge in [-0.25, -0.2) is 4.98 Å². The highest BCUT2D eigenvalue weighted by Crippen LogP contribution is 2.47. The lowest BCUT2D eigenvalue weighted by Crippen LogP contribution is -2.41. The lowest BCUT2D eigenvalue weighted by Gasteiger charge is -2.30. The molecule has 1 aliphatic rings. The molecule has 4 rings (SSSR count). The number of hydrogen-bond donors (Lipinski definition) is 3. The van der Waals surface area contributed by atoms with Crippen LogP contribution in [0.3, 0.4) is 0 Å². The van der Waals surface area contributed by atoms with Crippen molar-refractivity contribution >= 4 is 44.9 Å². The molecule has 36 heavy (non-hydrogen) atoms. The maximum atomic E-state index is 13.4. The molecule has 1 fully saturated rings. The first-order chi connectivity index (χ1) is 17.2. The number of anilines is 2. The molecule has 0 saturated carbocycles. The van der Waals surface area contributed by atoms with Crippen LogP contribution in [0.2, 0.25) is 0 Å². The van der Waals surface area contributed by atoms with Crippen LogP contribution in [0, 0.1) is 17.2 Å². The number of aromatic nitrogens is 1. The van der Waals surface area contributed by atoms with Gasteiger partial charge in [-0.2, -0.15) is 5.26 Å². The molecule has 0 bridgehead atoms. The van der Waals surface area contributed by atoms with E-state index in [1.165, 1.54) is 21.3 Å². The summed E-state index contributed by atoms with van der Waals surface area (Å²) in [5.74, 6) is 0.266. The number of thiophene rings is 1. The highest BCUT2D eigenvalue weighted by Gasteiger charge is 2.31. The minimum absolute atomic E-state index is 0.0104. The first kappa shape index (κ1) is 24.9. The Hall–Kier alpha value is -4.24. The van der Waals surface area contributed by atoms with Crippen molar-refractivity contribution in [2.75, 3.05) is 45.9 Å². The monoisotopic (exact) mass is 510 g/mol. The van der Waals surface area contributed by atoms with E-state index in [-0.39, 0.29) is 34.8 Å². The molecular formula is C24H26N6O5S. The van der Waals surface area contributed by atoms with Crippen molar-refractivity contribution in [2.45, 2.75) is 12.8 Å². The lowest BCUT2D eigenvalue weighted by molar-refractivity contribution is -0.123. The highest BCUT2D eigenvalue weighted by atomic mass is 32.1. The topological polar surface area (TPSA) is 180 Å². The number of likely N-dealkylation sites (tertiary alicyclic amines) is 1. The van der Waals surface area contributed by atoms with Crippen molar-refractivity contribution in [2.24, 2.45) is 11.7 Å². The molecule has 0 unspecified atom stereocenters. The summed E-state index contributed by atoms with van der Waals surface area (Å²) < 4.78 is 16.4.